The van der Waals surface area contributed by atoms with E-state index >= 15 is 0 Å². The molecule has 44 heavy (non-hydrogen) atoms. The normalized spacial score (nSPS) is 11.6. The largest absolute Gasteiger partial charge is 0.497 e. The fraction of sp³-hybridized carbons (Fsp3) is 0.167. The van der Waals surface area contributed by atoms with Crippen LogP contribution in [0.1, 0.15) is 15.9 Å². The smallest absolute Gasteiger partial charge is 0.303 e. The summed E-state index contributed by atoms with van der Waals surface area (Å²) in [5.41, 5.74) is 1.26. The molecule has 0 bridgehead atoms. The highest BCUT2D eigenvalue weighted by Crippen LogP contribution is 2.31. The van der Waals surface area contributed by atoms with Gasteiger partial charge in [0.05, 0.1) is 37.0 Å². The van der Waals surface area contributed by atoms with Crippen molar-refractivity contribution in [2.45, 2.75) is 11.4 Å². The lowest BCUT2D eigenvalue weighted by Crippen LogP contribution is -2.40. The highest BCUT2D eigenvalue weighted by atomic mass is 32.2. The molecule has 4 aromatic carbocycles. The van der Waals surface area contributed by atoms with Gasteiger partial charge >= 0.3 is 10.2 Å². The van der Waals surface area contributed by atoms with Crippen molar-refractivity contribution in [1.29, 1.82) is 0 Å². The Morgan fingerprint density at radius 2 is 1.50 bits per heavy atom. The maximum Gasteiger partial charge on any atom is 0.303 e. The molecule has 11 nitrogen and oxygen atoms in total. The lowest BCUT2D eigenvalue weighted by atomic mass is 10.1. The number of ether oxygens (including phenoxy) is 2. The van der Waals surface area contributed by atoms with Crippen LogP contribution in [0.2, 0.25) is 0 Å². The van der Waals surface area contributed by atoms with Crippen molar-refractivity contribution in [3.8, 4) is 11.5 Å². The molecule has 0 saturated heterocycles. The summed E-state index contributed by atoms with van der Waals surface area (Å²) >= 11 is 0. The molecule has 0 aliphatic heterocycles. The molecule has 0 atom stereocenters. The summed E-state index contributed by atoms with van der Waals surface area (Å²) in [4.78, 5) is 12.8. The van der Waals surface area contributed by atoms with Gasteiger partial charge in [0, 0.05) is 31.4 Å². The van der Waals surface area contributed by atoms with Gasteiger partial charge in [0.15, 0.2) is 0 Å². The number of hydrogen-bond acceptors (Lipinski definition) is 7. The average Bonchev–Trinajstić information content (AvgIpc) is 3.00. The average molecular weight is 643 g/mol. The molecule has 0 aliphatic rings. The summed E-state index contributed by atoms with van der Waals surface area (Å²) in [5.74, 6) is -0.382. The molecule has 0 heterocycles. The van der Waals surface area contributed by atoms with E-state index in [1.165, 1.54) is 89.0 Å². The van der Waals surface area contributed by atoms with E-state index in [1.807, 2.05) is 0 Å². The Kier molecular flexibility index (Phi) is 9.77. The van der Waals surface area contributed by atoms with Gasteiger partial charge in [0.2, 0.25) is 0 Å². The number of anilines is 3. The van der Waals surface area contributed by atoms with Crippen molar-refractivity contribution < 1.29 is 35.5 Å². The van der Waals surface area contributed by atoms with Crippen LogP contribution in [0.4, 0.5) is 21.5 Å². The molecular weight excluding hydrogens is 611 g/mol. The number of hydrogen-bond donors (Lipinski definition) is 2. The lowest BCUT2D eigenvalue weighted by Gasteiger charge is -2.27. The predicted molar refractivity (Wildman–Crippen MR) is 166 cm³/mol. The molecule has 0 aliphatic carbocycles. The first-order valence-electron chi connectivity index (χ1n) is 13.1. The number of nitrogens with one attached hydrogen (secondary N) is 2. The highest BCUT2D eigenvalue weighted by molar-refractivity contribution is 7.92. The second-order valence-electron chi connectivity index (χ2n) is 9.60. The minimum Gasteiger partial charge on any atom is -0.497 e. The molecule has 0 radical (unpaired) electrons. The van der Waals surface area contributed by atoms with Crippen molar-refractivity contribution in [2.24, 2.45) is 0 Å². The lowest BCUT2D eigenvalue weighted by molar-refractivity contribution is 0.102. The first-order valence-corrected chi connectivity index (χ1v) is 15.9. The van der Waals surface area contributed by atoms with Gasteiger partial charge in [0.1, 0.15) is 17.3 Å². The Morgan fingerprint density at radius 3 is 2.09 bits per heavy atom. The molecular formula is C30H31FN4O7S2. The SMILES string of the molecule is COc1ccc(NS(=O)(=O)c2ccc(NC(=O)c3ccc(CN(c4ccccc4F)S(=O)(=O)N(C)C)cc3)cc2)c(OC)c1. The molecule has 0 fully saturated rings. The second kappa shape index (κ2) is 13.3. The Hall–Kier alpha value is -4.66. The summed E-state index contributed by atoms with van der Waals surface area (Å²) < 4.78 is 81.2. The quantitative estimate of drug-likeness (QED) is 0.229. The summed E-state index contributed by atoms with van der Waals surface area (Å²) in [7, 11) is -2.40. The van der Waals surface area contributed by atoms with Crippen molar-refractivity contribution >= 4 is 43.2 Å². The molecule has 232 valence electrons. The van der Waals surface area contributed by atoms with Crippen molar-refractivity contribution in [3.05, 3.63) is 108 Å². The van der Waals surface area contributed by atoms with Crippen LogP contribution in [-0.4, -0.2) is 55.4 Å². The number of benzene rings is 4. The van der Waals surface area contributed by atoms with Gasteiger partial charge < -0.3 is 14.8 Å². The van der Waals surface area contributed by atoms with Crippen LogP contribution in [0.15, 0.2) is 95.9 Å². The van der Waals surface area contributed by atoms with Crippen LogP contribution < -0.4 is 23.8 Å². The number of para-hydroxylation sites is 1. The van der Waals surface area contributed by atoms with Crippen LogP contribution in [0.25, 0.3) is 0 Å². The molecule has 2 N–H and O–H groups in total. The summed E-state index contributed by atoms with van der Waals surface area (Å²) in [6.07, 6.45) is 0. The number of nitrogens with zero attached hydrogens (tertiary/aromatic N) is 2. The van der Waals surface area contributed by atoms with Crippen LogP contribution in [-0.2, 0) is 26.8 Å². The zero-order chi connectivity index (χ0) is 32.1. The van der Waals surface area contributed by atoms with Crippen LogP contribution in [0.3, 0.4) is 0 Å². The number of rotatable bonds is 12. The monoisotopic (exact) mass is 642 g/mol. The molecule has 0 saturated carbocycles. The van der Waals surface area contributed by atoms with Gasteiger partial charge in [-0.1, -0.05) is 24.3 Å². The third-order valence-corrected chi connectivity index (χ3v) is 9.67. The third kappa shape index (κ3) is 7.27. The standard InChI is InChI=1S/C30H31FN4O7S2/c1-34(2)44(39,40)35(28-8-6-5-7-26(28)31)20-21-9-11-22(12-10-21)30(36)32-23-13-16-25(17-14-23)43(37,38)33-27-18-15-24(41-3)19-29(27)42-4/h5-19,33H,20H2,1-4H3,(H,32,36). The maximum atomic E-state index is 14.5. The number of halogens is 1. The van der Waals surface area contributed by atoms with Gasteiger partial charge in [-0.15, -0.1) is 0 Å². The van der Waals surface area contributed by atoms with E-state index in [1.54, 1.807) is 30.3 Å². The van der Waals surface area contributed by atoms with Crippen LogP contribution in [0, 0.1) is 5.82 Å². The highest BCUT2D eigenvalue weighted by Gasteiger charge is 2.27. The molecule has 14 heteroatoms. The Balaban J connectivity index is 1.45. The Labute approximate surface area is 256 Å². The number of carbonyl (C=O) groups is 1. The predicted octanol–water partition coefficient (Wildman–Crippen LogP) is 4.71. The first-order chi connectivity index (χ1) is 20.8. The topological polar surface area (TPSA) is 134 Å². The molecule has 1 amide bonds. The van der Waals surface area contributed by atoms with E-state index in [2.05, 4.69) is 10.0 Å². The fourth-order valence-electron chi connectivity index (χ4n) is 4.08. The van der Waals surface area contributed by atoms with Gasteiger partial charge in [-0.05, 0) is 66.2 Å². The van der Waals surface area contributed by atoms with E-state index in [0.717, 1.165) is 8.61 Å². The zero-order valence-electron chi connectivity index (χ0n) is 24.3. The van der Waals surface area contributed by atoms with E-state index < -0.39 is 32.0 Å². The van der Waals surface area contributed by atoms with Crippen LogP contribution in [0.5, 0.6) is 11.5 Å². The summed E-state index contributed by atoms with van der Waals surface area (Å²) in [5, 5.41) is 2.70. The van der Waals surface area contributed by atoms with Crippen LogP contribution >= 0.6 is 0 Å². The maximum absolute atomic E-state index is 14.5. The molecule has 4 rings (SSSR count). The molecule has 0 aromatic heterocycles. The van der Waals surface area contributed by atoms with Crippen molar-refractivity contribution in [1.82, 2.24) is 4.31 Å². The van der Waals surface area contributed by atoms with Gasteiger partial charge in [-0.25, -0.2) is 12.8 Å². The fourth-order valence-corrected chi connectivity index (χ4v) is 6.25. The summed E-state index contributed by atoms with van der Waals surface area (Å²) in [6.45, 7) is -0.171. The zero-order valence-corrected chi connectivity index (χ0v) is 25.9. The third-order valence-electron chi connectivity index (χ3n) is 6.48. The van der Waals surface area contributed by atoms with Gasteiger partial charge in [-0.3, -0.25) is 13.8 Å². The van der Waals surface area contributed by atoms with E-state index in [4.69, 9.17) is 9.47 Å². The Bertz CT molecular complexity index is 1850. The molecule has 0 spiro atoms. The van der Waals surface area contributed by atoms with Gasteiger partial charge in [0.25, 0.3) is 15.9 Å². The Morgan fingerprint density at radius 1 is 0.841 bits per heavy atom. The first kappa shape index (κ1) is 32.3. The number of carbonyl (C=O) groups excluding carboxylic acids is 1. The van der Waals surface area contributed by atoms with E-state index in [-0.39, 0.29) is 34.1 Å². The summed E-state index contributed by atoms with van der Waals surface area (Å²) in [6, 6.07) is 22.0. The van der Waals surface area contributed by atoms with Gasteiger partial charge in [-0.2, -0.15) is 12.7 Å². The number of methoxy groups -OCH3 is 2. The number of amides is 1. The molecule has 4 aromatic rings. The van der Waals surface area contributed by atoms with E-state index in [9.17, 15) is 26.0 Å². The number of sulfonamides is 1. The minimum atomic E-state index is -4.03. The second-order valence-corrected chi connectivity index (χ2v) is 13.3. The van der Waals surface area contributed by atoms with E-state index in [0.29, 0.717) is 17.0 Å². The minimum absolute atomic E-state index is 0.0372. The molecule has 0 unspecified atom stereocenters. The van der Waals surface area contributed by atoms with Crippen molar-refractivity contribution in [2.75, 3.05) is 42.7 Å². The van der Waals surface area contributed by atoms with Crippen molar-refractivity contribution in [3.63, 3.8) is 0 Å².